The number of carbonyl (C=O) groups excluding carboxylic acids is 1. The van der Waals surface area contributed by atoms with Crippen molar-refractivity contribution in [2.45, 2.75) is 13.0 Å². The van der Waals surface area contributed by atoms with Crippen molar-refractivity contribution >= 4 is 11.6 Å². The number of carbonyl (C=O) groups is 1. The van der Waals surface area contributed by atoms with Crippen molar-refractivity contribution in [1.82, 2.24) is 20.0 Å². The van der Waals surface area contributed by atoms with E-state index in [1.165, 1.54) is 0 Å². The van der Waals surface area contributed by atoms with Gasteiger partial charge in [0.2, 0.25) is 5.91 Å². The summed E-state index contributed by atoms with van der Waals surface area (Å²) >= 11 is 0. The van der Waals surface area contributed by atoms with Gasteiger partial charge in [-0.25, -0.2) is 4.98 Å². The molecule has 0 aromatic carbocycles. The maximum Gasteiger partial charge on any atom is 0.243 e. The lowest BCUT2D eigenvalue weighted by Crippen LogP contribution is -2.47. The number of aromatic nitrogens is 2. The van der Waals surface area contributed by atoms with Gasteiger partial charge in [-0.1, -0.05) is 6.07 Å². The highest BCUT2D eigenvalue weighted by atomic mass is 16.2. The molecule has 17 heavy (non-hydrogen) atoms. The van der Waals surface area contributed by atoms with Crippen LogP contribution in [0.1, 0.15) is 17.4 Å². The monoisotopic (exact) mass is 230 g/mol. The van der Waals surface area contributed by atoms with E-state index in [-0.39, 0.29) is 11.9 Å². The summed E-state index contributed by atoms with van der Waals surface area (Å²) in [5.41, 5.74) is 2.70. The molecule has 88 valence electrons. The average molecular weight is 230 g/mol. The largest absolute Gasteiger partial charge is 0.353 e. The number of rotatable bonds is 1. The summed E-state index contributed by atoms with van der Waals surface area (Å²) in [4.78, 5) is 16.3. The first kappa shape index (κ1) is 10.3. The van der Waals surface area contributed by atoms with Crippen LogP contribution >= 0.6 is 0 Å². The summed E-state index contributed by atoms with van der Waals surface area (Å²) in [5, 5.41) is 6.10. The number of hydrogen-bond donors (Lipinski definition) is 2. The first-order chi connectivity index (χ1) is 8.27. The van der Waals surface area contributed by atoms with E-state index in [9.17, 15) is 4.79 Å². The number of fused-ring (bicyclic) bond motifs is 1. The van der Waals surface area contributed by atoms with Gasteiger partial charge in [-0.2, -0.15) is 0 Å². The summed E-state index contributed by atoms with van der Waals surface area (Å²) in [6.45, 7) is 3.41. The molecule has 1 atom stereocenters. The molecule has 2 aromatic rings. The maximum absolute atomic E-state index is 11.9. The zero-order valence-electron chi connectivity index (χ0n) is 9.60. The number of nitrogens with one attached hydrogen (secondary N) is 2. The number of imidazole rings is 1. The van der Waals surface area contributed by atoms with E-state index in [2.05, 4.69) is 15.6 Å². The predicted molar refractivity (Wildman–Crippen MR) is 63.7 cm³/mol. The van der Waals surface area contributed by atoms with Gasteiger partial charge in [0, 0.05) is 19.3 Å². The first-order valence-corrected chi connectivity index (χ1v) is 5.72. The van der Waals surface area contributed by atoms with Gasteiger partial charge in [0.15, 0.2) is 0 Å². The van der Waals surface area contributed by atoms with Gasteiger partial charge >= 0.3 is 0 Å². The number of piperazine rings is 1. The molecule has 1 aliphatic heterocycles. The molecule has 2 aromatic heterocycles. The lowest BCUT2D eigenvalue weighted by atomic mass is 10.1. The van der Waals surface area contributed by atoms with Crippen LogP contribution in [0.2, 0.25) is 0 Å². The fourth-order valence-electron chi connectivity index (χ4n) is 2.30. The van der Waals surface area contributed by atoms with Crippen LogP contribution in [0, 0.1) is 6.92 Å². The summed E-state index contributed by atoms with van der Waals surface area (Å²) < 4.78 is 1.97. The Morgan fingerprint density at radius 2 is 2.29 bits per heavy atom. The predicted octanol–water partition coefficient (Wildman–Crippen LogP) is 0.403. The molecule has 1 amide bonds. The Balaban J connectivity index is 2.15. The molecule has 3 rings (SSSR count). The zero-order chi connectivity index (χ0) is 11.8. The SMILES string of the molecule is Cc1nc2ccccn2c1C1NCCNC1=O. The van der Waals surface area contributed by atoms with Gasteiger partial charge in [-0.3, -0.25) is 10.1 Å². The van der Waals surface area contributed by atoms with Crippen molar-refractivity contribution in [3.63, 3.8) is 0 Å². The van der Waals surface area contributed by atoms with Crippen LogP contribution in [-0.2, 0) is 4.79 Å². The zero-order valence-corrected chi connectivity index (χ0v) is 9.60. The van der Waals surface area contributed by atoms with Crippen LogP contribution in [0.3, 0.4) is 0 Å². The second kappa shape index (κ2) is 3.85. The Kier molecular flexibility index (Phi) is 2.33. The lowest BCUT2D eigenvalue weighted by molar-refractivity contribution is -0.124. The fraction of sp³-hybridized carbons (Fsp3) is 0.333. The number of pyridine rings is 1. The summed E-state index contributed by atoms with van der Waals surface area (Å²) in [5.74, 6) is 0.0185. The van der Waals surface area contributed by atoms with E-state index >= 15 is 0 Å². The highest BCUT2D eigenvalue weighted by Crippen LogP contribution is 2.20. The Labute approximate surface area is 98.8 Å². The molecule has 1 unspecified atom stereocenters. The molecule has 0 radical (unpaired) electrons. The van der Waals surface area contributed by atoms with Gasteiger partial charge in [0.1, 0.15) is 11.7 Å². The second-order valence-corrected chi connectivity index (χ2v) is 4.19. The highest BCUT2D eigenvalue weighted by Gasteiger charge is 2.27. The van der Waals surface area contributed by atoms with Crippen molar-refractivity contribution in [2.24, 2.45) is 0 Å². The van der Waals surface area contributed by atoms with Gasteiger partial charge in [-0.05, 0) is 19.1 Å². The van der Waals surface area contributed by atoms with Crippen LogP contribution < -0.4 is 10.6 Å². The minimum Gasteiger partial charge on any atom is -0.353 e. The third-order valence-electron chi connectivity index (χ3n) is 3.06. The molecule has 0 aliphatic carbocycles. The van der Waals surface area contributed by atoms with Crippen molar-refractivity contribution in [2.75, 3.05) is 13.1 Å². The smallest absolute Gasteiger partial charge is 0.243 e. The minimum absolute atomic E-state index is 0.0185. The standard InChI is InChI=1S/C12H14N4O/c1-8-11(10-12(17)14-6-5-13-10)16-7-3-2-4-9(16)15-8/h2-4,7,10,13H,5-6H2,1H3,(H,14,17). The van der Waals surface area contributed by atoms with E-state index < -0.39 is 0 Å². The summed E-state index contributed by atoms with van der Waals surface area (Å²) in [6, 6.07) is 5.52. The Bertz CT molecular complexity index is 575. The topological polar surface area (TPSA) is 58.4 Å². The van der Waals surface area contributed by atoms with Crippen LogP contribution in [-0.4, -0.2) is 28.4 Å². The van der Waals surface area contributed by atoms with Crippen molar-refractivity contribution in [3.8, 4) is 0 Å². The number of nitrogens with zero attached hydrogens (tertiary/aromatic N) is 2. The Hall–Kier alpha value is -1.88. The van der Waals surface area contributed by atoms with E-state index in [4.69, 9.17) is 0 Å². The molecule has 0 bridgehead atoms. The fourth-order valence-corrected chi connectivity index (χ4v) is 2.30. The lowest BCUT2D eigenvalue weighted by Gasteiger charge is -2.23. The third-order valence-corrected chi connectivity index (χ3v) is 3.06. The molecule has 1 fully saturated rings. The van der Waals surface area contributed by atoms with E-state index in [0.29, 0.717) is 6.54 Å². The van der Waals surface area contributed by atoms with Crippen LogP contribution in [0.5, 0.6) is 0 Å². The molecular formula is C12H14N4O. The normalized spacial score (nSPS) is 20.5. The minimum atomic E-state index is -0.304. The van der Waals surface area contributed by atoms with Crippen molar-refractivity contribution in [1.29, 1.82) is 0 Å². The highest BCUT2D eigenvalue weighted by molar-refractivity contribution is 5.84. The Morgan fingerprint density at radius 3 is 3.12 bits per heavy atom. The molecule has 0 spiro atoms. The first-order valence-electron chi connectivity index (χ1n) is 5.72. The van der Waals surface area contributed by atoms with E-state index in [0.717, 1.165) is 23.6 Å². The maximum atomic E-state index is 11.9. The number of amides is 1. The quantitative estimate of drug-likeness (QED) is 0.745. The van der Waals surface area contributed by atoms with E-state index in [1.807, 2.05) is 35.7 Å². The molecule has 2 N–H and O–H groups in total. The molecule has 1 saturated heterocycles. The molecule has 1 aliphatic rings. The third kappa shape index (κ3) is 1.59. The second-order valence-electron chi connectivity index (χ2n) is 4.19. The molecule has 3 heterocycles. The van der Waals surface area contributed by atoms with Gasteiger partial charge in [0.05, 0.1) is 11.4 Å². The van der Waals surface area contributed by atoms with Crippen LogP contribution in [0.25, 0.3) is 5.65 Å². The van der Waals surface area contributed by atoms with Crippen molar-refractivity contribution < 1.29 is 4.79 Å². The van der Waals surface area contributed by atoms with Crippen molar-refractivity contribution in [3.05, 3.63) is 35.8 Å². The number of hydrogen-bond acceptors (Lipinski definition) is 3. The van der Waals surface area contributed by atoms with Gasteiger partial charge < -0.3 is 9.72 Å². The number of aryl methyl sites for hydroxylation is 1. The molecule has 0 saturated carbocycles. The van der Waals surface area contributed by atoms with Crippen LogP contribution in [0.4, 0.5) is 0 Å². The van der Waals surface area contributed by atoms with Gasteiger partial charge in [0.25, 0.3) is 0 Å². The molecule has 5 heteroatoms. The molecule has 5 nitrogen and oxygen atoms in total. The Morgan fingerprint density at radius 1 is 1.41 bits per heavy atom. The summed E-state index contributed by atoms with van der Waals surface area (Å²) in [7, 11) is 0. The average Bonchev–Trinajstić information content (AvgIpc) is 2.66. The van der Waals surface area contributed by atoms with Crippen LogP contribution in [0.15, 0.2) is 24.4 Å². The molecular weight excluding hydrogens is 216 g/mol. The van der Waals surface area contributed by atoms with E-state index in [1.54, 1.807) is 0 Å². The summed E-state index contributed by atoms with van der Waals surface area (Å²) in [6.07, 6.45) is 1.94. The van der Waals surface area contributed by atoms with Gasteiger partial charge in [-0.15, -0.1) is 0 Å².